The van der Waals surface area contributed by atoms with Gasteiger partial charge >= 0.3 is 0 Å². The number of piperidine rings is 1. The Morgan fingerprint density at radius 2 is 2.00 bits per heavy atom. The number of alkyl halides is 1. The first-order valence-electron chi connectivity index (χ1n) is 8.17. The number of anilines is 1. The van der Waals surface area contributed by atoms with E-state index in [0.717, 1.165) is 22.9 Å². The third-order valence-electron chi connectivity index (χ3n) is 5.25. The molecule has 0 aromatic carbocycles. The Morgan fingerprint density at radius 3 is 2.90 bits per heavy atom. The molecule has 3 nitrogen and oxygen atoms in total. The third-order valence-corrected chi connectivity index (χ3v) is 5.78. The van der Waals surface area contributed by atoms with Gasteiger partial charge in [0.2, 0.25) is 0 Å². The summed E-state index contributed by atoms with van der Waals surface area (Å²) in [4.78, 5) is 7.58. The topological polar surface area (TPSA) is 20.5 Å². The Balaban J connectivity index is 1.77. The van der Waals surface area contributed by atoms with Gasteiger partial charge in [-0.3, -0.25) is 0 Å². The van der Waals surface area contributed by atoms with Gasteiger partial charge in [-0.15, -0.1) is 0 Å². The minimum atomic E-state index is 0.718. The van der Waals surface area contributed by atoms with E-state index in [1.807, 2.05) is 0 Å². The molecule has 4 rings (SSSR count). The molecule has 0 spiro atoms. The van der Waals surface area contributed by atoms with Gasteiger partial charge in [0.15, 0.2) is 5.82 Å². The molecule has 0 radical (unpaired) electrons. The zero-order chi connectivity index (χ0) is 14.2. The summed E-state index contributed by atoms with van der Waals surface area (Å²) in [6.07, 6.45) is 10.4. The van der Waals surface area contributed by atoms with E-state index >= 15 is 0 Å². The van der Waals surface area contributed by atoms with Crippen molar-refractivity contribution in [1.82, 2.24) is 9.38 Å². The summed E-state index contributed by atoms with van der Waals surface area (Å²) < 4.78 is 2.23. The summed E-state index contributed by atoms with van der Waals surface area (Å²) in [6.45, 7) is 1.17. The lowest BCUT2D eigenvalue weighted by Crippen LogP contribution is -2.47. The molecule has 2 aromatic heterocycles. The first-order chi connectivity index (χ1) is 10.4. The SMILES string of the molecule is BrCc1c(N2CCC[C@H]3CCCC[C@H]32)nc2ccccn12. The molecule has 2 aromatic rings. The Morgan fingerprint density at radius 1 is 1.14 bits per heavy atom. The van der Waals surface area contributed by atoms with Crippen LogP contribution in [0.15, 0.2) is 24.4 Å². The zero-order valence-corrected chi connectivity index (χ0v) is 13.9. The van der Waals surface area contributed by atoms with Crippen LogP contribution >= 0.6 is 15.9 Å². The highest BCUT2D eigenvalue weighted by Crippen LogP contribution is 2.39. The Kier molecular flexibility index (Phi) is 3.66. The van der Waals surface area contributed by atoms with Gasteiger partial charge in [-0.1, -0.05) is 34.8 Å². The number of rotatable bonds is 2. The Bertz CT molecular complexity index is 634. The van der Waals surface area contributed by atoms with E-state index in [0.29, 0.717) is 0 Å². The number of imidazole rings is 1. The van der Waals surface area contributed by atoms with Gasteiger partial charge in [0.1, 0.15) is 5.65 Å². The molecule has 2 atom stereocenters. The second kappa shape index (κ2) is 5.64. The van der Waals surface area contributed by atoms with Crippen molar-refractivity contribution in [1.29, 1.82) is 0 Å². The Labute approximate surface area is 134 Å². The highest BCUT2D eigenvalue weighted by atomic mass is 79.9. The molecular weight excluding hydrogens is 326 g/mol. The standard InChI is InChI=1S/C17H22BrN3/c18-12-15-17(19-16-9-3-4-10-20(15)16)21-11-5-7-13-6-1-2-8-14(13)21/h3-4,9-10,13-14H,1-2,5-8,11-12H2/t13-,14-/m1/s1. The van der Waals surface area contributed by atoms with Crippen LogP contribution in [0, 0.1) is 5.92 Å². The molecule has 0 N–H and O–H groups in total. The predicted octanol–water partition coefficient (Wildman–Crippen LogP) is 4.39. The summed E-state index contributed by atoms with van der Waals surface area (Å²) in [7, 11) is 0. The monoisotopic (exact) mass is 347 g/mol. The molecule has 112 valence electrons. The van der Waals surface area contributed by atoms with Crippen LogP contribution < -0.4 is 4.90 Å². The van der Waals surface area contributed by atoms with Crippen molar-refractivity contribution < 1.29 is 0 Å². The van der Waals surface area contributed by atoms with Gasteiger partial charge in [0.05, 0.1) is 5.69 Å². The van der Waals surface area contributed by atoms with Crippen LogP contribution in [-0.2, 0) is 5.33 Å². The largest absolute Gasteiger partial charge is 0.352 e. The van der Waals surface area contributed by atoms with Crippen LogP contribution in [0.1, 0.15) is 44.2 Å². The molecule has 0 bridgehead atoms. The third kappa shape index (κ3) is 2.28. The number of pyridine rings is 1. The molecule has 1 aliphatic carbocycles. The number of hydrogen-bond donors (Lipinski definition) is 0. The maximum Gasteiger partial charge on any atom is 0.152 e. The van der Waals surface area contributed by atoms with Crippen molar-refractivity contribution in [2.24, 2.45) is 5.92 Å². The number of halogens is 1. The molecule has 0 unspecified atom stereocenters. The van der Waals surface area contributed by atoms with E-state index in [2.05, 4.69) is 49.6 Å². The van der Waals surface area contributed by atoms with E-state index in [1.54, 1.807) is 0 Å². The lowest BCUT2D eigenvalue weighted by atomic mass is 9.78. The molecule has 2 aliphatic rings. The van der Waals surface area contributed by atoms with Crippen molar-refractivity contribution in [2.75, 3.05) is 11.4 Å². The number of nitrogens with zero attached hydrogens (tertiary/aromatic N) is 3. The average molecular weight is 348 g/mol. The molecule has 4 heteroatoms. The molecule has 0 amide bonds. The fourth-order valence-corrected chi connectivity index (χ4v) is 4.80. The van der Waals surface area contributed by atoms with Crippen LogP contribution in [-0.4, -0.2) is 22.0 Å². The minimum Gasteiger partial charge on any atom is -0.352 e. The quantitative estimate of drug-likeness (QED) is 0.751. The summed E-state index contributed by atoms with van der Waals surface area (Å²) in [6, 6.07) is 6.99. The van der Waals surface area contributed by atoms with Crippen LogP contribution in [0.4, 0.5) is 5.82 Å². The first-order valence-corrected chi connectivity index (χ1v) is 9.29. The smallest absolute Gasteiger partial charge is 0.152 e. The van der Waals surface area contributed by atoms with Crippen molar-refractivity contribution in [2.45, 2.75) is 49.9 Å². The predicted molar refractivity (Wildman–Crippen MR) is 90.1 cm³/mol. The lowest BCUT2D eigenvalue weighted by Gasteiger charge is -2.44. The normalized spacial score (nSPS) is 26.0. The molecule has 2 fully saturated rings. The maximum atomic E-state index is 4.96. The molecule has 1 aliphatic heterocycles. The van der Waals surface area contributed by atoms with Crippen LogP contribution in [0.5, 0.6) is 0 Å². The van der Waals surface area contributed by atoms with Crippen molar-refractivity contribution >= 4 is 27.4 Å². The van der Waals surface area contributed by atoms with Crippen LogP contribution in [0.3, 0.4) is 0 Å². The summed E-state index contributed by atoms with van der Waals surface area (Å²) >= 11 is 3.68. The zero-order valence-electron chi connectivity index (χ0n) is 12.3. The van der Waals surface area contributed by atoms with E-state index in [9.17, 15) is 0 Å². The van der Waals surface area contributed by atoms with Gasteiger partial charge in [-0.25, -0.2) is 4.98 Å². The van der Waals surface area contributed by atoms with Gasteiger partial charge in [-0.05, 0) is 43.7 Å². The molecule has 21 heavy (non-hydrogen) atoms. The number of hydrogen-bond acceptors (Lipinski definition) is 2. The fourth-order valence-electron chi connectivity index (χ4n) is 4.28. The number of fused-ring (bicyclic) bond motifs is 2. The van der Waals surface area contributed by atoms with Gasteiger partial charge in [0, 0.05) is 24.1 Å². The van der Waals surface area contributed by atoms with E-state index in [1.165, 1.54) is 56.6 Å². The van der Waals surface area contributed by atoms with Crippen molar-refractivity contribution in [3.05, 3.63) is 30.1 Å². The summed E-state index contributed by atoms with van der Waals surface area (Å²) in [5.41, 5.74) is 2.37. The van der Waals surface area contributed by atoms with E-state index < -0.39 is 0 Å². The molecular formula is C17H22BrN3. The highest BCUT2D eigenvalue weighted by molar-refractivity contribution is 9.08. The van der Waals surface area contributed by atoms with Crippen molar-refractivity contribution in [3.8, 4) is 0 Å². The van der Waals surface area contributed by atoms with Gasteiger partial charge in [-0.2, -0.15) is 0 Å². The molecule has 3 heterocycles. The van der Waals surface area contributed by atoms with Crippen LogP contribution in [0.25, 0.3) is 5.65 Å². The average Bonchev–Trinajstić information content (AvgIpc) is 2.92. The van der Waals surface area contributed by atoms with E-state index in [-0.39, 0.29) is 0 Å². The van der Waals surface area contributed by atoms with E-state index in [4.69, 9.17) is 4.98 Å². The molecule has 1 saturated heterocycles. The molecule has 1 saturated carbocycles. The Hall–Kier alpha value is -1.03. The van der Waals surface area contributed by atoms with Crippen LogP contribution in [0.2, 0.25) is 0 Å². The number of aromatic nitrogens is 2. The van der Waals surface area contributed by atoms with Crippen molar-refractivity contribution in [3.63, 3.8) is 0 Å². The highest BCUT2D eigenvalue weighted by Gasteiger charge is 2.35. The summed E-state index contributed by atoms with van der Waals surface area (Å²) in [5, 5.41) is 0.862. The minimum absolute atomic E-state index is 0.718. The second-order valence-corrected chi connectivity index (χ2v) is 6.95. The fraction of sp³-hybridized carbons (Fsp3) is 0.588. The van der Waals surface area contributed by atoms with Gasteiger partial charge < -0.3 is 9.30 Å². The first kappa shape index (κ1) is 13.6. The maximum absolute atomic E-state index is 4.96. The second-order valence-electron chi connectivity index (χ2n) is 6.39. The lowest BCUT2D eigenvalue weighted by molar-refractivity contribution is 0.242. The van der Waals surface area contributed by atoms with Gasteiger partial charge in [0.25, 0.3) is 0 Å². The summed E-state index contributed by atoms with van der Waals surface area (Å²) in [5.74, 6) is 2.11.